The molecule has 0 unspecified atom stereocenters. The predicted octanol–water partition coefficient (Wildman–Crippen LogP) is 0.177. The predicted molar refractivity (Wildman–Crippen MR) is 61.1 cm³/mol. The van der Waals surface area contributed by atoms with Gasteiger partial charge in [-0.25, -0.2) is 0 Å². The van der Waals surface area contributed by atoms with Crippen LogP contribution in [0.2, 0.25) is 0 Å². The largest absolute Gasteiger partial charge is 0.380 e. The minimum atomic E-state index is -0.105. The van der Waals surface area contributed by atoms with E-state index in [0.29, 0.717) is 31.9 Å². The number of pyridine rings is 1. The molecule has 0 aliphatic heterocycles. The molecule has 0 saturated carbocycles. The molecule has 3 N–H and O–H groups in total. The molecular formula is C11H17N3O2. The van der Waals surface area contributed by atoms with Gasteiger partial charge in [-0.05, 0) is 18.6 Å². The maximum atomic E-state index is 11.5. The molecule has 88 valence electrons. The summed E-state index contributed by atoms with van der Waals surface area (Å²) >= 11 is 0. The third-order valence-corrected chi connectivity index (χ3v) is 1.94. The van der Waals surface area contributed by atoms with E-state index in [4.69, 9.17) is 10.5 Å². The average molecular weight is 223 g/mol. The van der Waals surface area contributed by atoms with Crippen LogP contribution in [0.1, 0.15) is 16.8 Å². The summed E-state index contributed by atoms with van der Waals surface area (Å²) in [4.78, 5) is 15.4. The van der Waals surface area contributed by atoms with Gasteiger partial charge < -0.3 is 15.8 Å². The summed E-state index contributed by atoms with van der Waals surface area (Å²) in [5.74, 6) is -0.105. The van der Waals surface area contributed by atoms with E-state index < -0.39 is 0 Å². The van der Waals surface area contributed by atoms with Crippen LogP contribution in [-0.2, 0) is 4.74 Å². The van der Waals surface area contributed by atoms with Crippen molar-refractivity contribution < 1.29 is 9.53 Å². The van der Waals surface area contributed by atoms with Crippen molar-refractivity contribution in [3.8, 4) is 0 Å². The topological polar surface area (TPSA) is 77.2 Å². The maximum Gasteiger partial charge on any atom is 0.252 e. The van der Waals surface area contributed by atoms with E-state index in [9.17, 15) is 4.79 Å². The van der Waals surface area contributed by atoms with Crippen LogP contribution in [0.5, 0.6) is 0 Å². The molecule has 5 heteroatoms. The van der Waals surface area contributed by atoms with Gasteiger partial charge in [0.1, 0.15) is 0 Å². The zero-order valence-electron chi connectivity index (χ0n) is 9.19. The third-order valence-electron chi connectivity index (χ3n) is 1.94. The molecule has 1 aromatic rings. The molecule has 1 rings (SSSR count). The summed E-state index contributed by atoms with van der Waals surface area (Å²) in [7, 11) is 0. The Bertz CT molecular complexity index is 303. The maximum absolute atomic E-state index is 11.5. The first kappa shape index (κ1) is 12.6. The van der Waals surface area contributed by atoms with Crippen LogP contribution in [0.15, 0.2) is 24.5 Å². The Labute approximate surface area is 95.0 Å². The highest BCUT2D eigenvalue weighted by Crippen LogP contribution is 1.94. The zero-order chi connectivity index (χ0) is 11.6. The molecule has 0 radical (unpaired) electrons. The first-order chi connectivity index (χ1) is 7.84. The molecule has 0 spiro atoms. The SMILES string of the molecule is NCCOCCCNC(=O)c1cccnc1. The Morgan fingerprint density at radius 1 is 1.50 bits per heavy atom. The first-order valence-electron chi connectivity index (χ1n) is 5.30. The molecular weight excluding hydrogens is 206 g/mol. The number of amides is 1. The summed E-state index contributed by atoms with van der Waals surface area (Å²) < 4.78 is 5.18. The summed E-state index contributed by atoms with van der Waals surface area (Å²) in [5.41, 5.74) is 5.84. The van der Waals surface area contributed by atoms with Crippen LogP contribution in [0, 0.1) is 0 Å². The Balaban J connectivity index is 2.12. The van der Waals surface area contributed by atoms with Gasteiger partial charge in [-0.1, -0.05) is 0 Å². The second kappa shape index (κ2) is 7.78. The van der Waals surface area contributed by atoms with Crippen molar-refractivity contribution in [1.29, 1.82) is 0 Å². The Morgan fingerprint density at radius 3 is 3.06 bits per heavy atom. The fraction of sp³-hybridized carbons (Fsp3) is 0.455. The van der Waals surface area contributed by atoms with Crippen LogP contribution in [0.4, 0.5) is 0 Å². The molecule has 0 aromatic carbocycles. The number of hydrogen-bond donors (Lipinski definition) is 2. The summed E-state index contributed by atoms with van der Waals surface area (Å²) in [6, 6.07) is 3.46. The molecule has 0 aliphatic carbocycles. The molecule has 5 nitrogen and oxygen atoms in total. The van der Waals surface area contributed by atoms with Crippen molar-refractivity contribution in [2.75, 3.05) is 26.3 Å². The van der Waals surface area contributed by atoms with Crippen molar-refractivity contribution in [3.63, 3.8) is 0 Å². The van der Waals surface area contributed by atoms with Gasteiger partial charge in [-0.2, -0.15) is 0 Å². The van der Waals surface area contributed by atoms with Crippen LogP contribution < -0.4 is 11.1 Å². The lowest BCUT2D eigenvalue weighted by atomic mass is 10.2. The molecule has 1 amide bonds. The van der Waals surface area contributed by atoms with Gasteiger partial charge in [0, 0.05) is 32.1 Å². The average Bonchev–Trinajstić information content (AvgIpc) is 2.34. The number of carbonyl (C=O) groups excluding carboxylic acids is 1. The molecule has 0 fully saturated rings. The standard InChI is InChI=1S/C11H17N3O2/c12-4-8-16-7-2-6-14-11(15)10-3-1-5-13-9-10/h1,3,5,9H,2,4,6-8,12H2,(H,14,15). The normalized spacial score (nSPS) is 10.1. The van der Waals surface area contributed by atoms with E-state index >= 15 is 0 Å². The molecule has 16 heavy (non-hydrogen) atoms. The van der Waals surface area contributed by atoms with Crippen LogP contribution >= 0.6 is 0 Å². The highest BCUT2D eigenvalue weighted by atomic mass is 16.5. The lowest BCUT2D eigenvalue weighted by Crippen LogP contribution is -2.25. The van der Waals surface area contributed by atoms with Crippen molar-refractivity contribution in [3.05, 3.63) is 30.1 Å². The number of nitrogens with zero attached hydrogens (tertiary/aromatic N) is 1. The Kier molecular flexibility index (Phi) is 6.13. The molecule has 0 atom stereocenters. The molecule has 0 saturated heterocycles. The zero-order valence-corrected chi connectivity index (χ0v) is 9.19. The van der Waals surface area contributed by atoms with Crippen molar-refractivity contribution in [2.24, 2.45) is 5.73 Å². The fourth-order valence-electron chi connectivity index (χ4n) is 1.16. The van der Waals surface area contributed by atoms with Gasteiger partial charge in [0.25, 0.3) is 5.91 Å². The number of aromatic nitrogens is 1. The van der Waals surface area contributed by atoms with E-state index in [-0.39, 0.29) is 5.91 Å². The second-order valence-electron chi connectivity index (χ2n) is 3.25. The minimum Gasteiger partial charge on any atom is -0.380 e. The van der Waals surface area contributed by atoms with E-state index in [2.05, 4.69) is 10.3 Å². The van der Waals surface area contributed by atoms with Gasteiger partial charge in [0.05, 0.1) is 12.2 Å². The third kappa shape index (κ3) is 4.86. The fourth-order valence-corrected chi connectivity index (χ4v) is 1.16. The number of carbonyl (C=O) groups is 1. The molecule has 1 aromatic heterocycles. The summed E-state index contributed by atoms with van der Waals surface area (Å²) in [6.45, 7) is 2.31. The van der Waals surface area contributed by atoms with Gasteiger partial charge in [0.2, 0.25) is 0 Å². The van der Waals surface area contributed by atoms with E-state index in [0.717, 1.165) is 6.42 Å². The van der Waals surface area contributed by atoms with Crippen molar-refractivity contribution >= 4 is 5.91 Å². The highest BCUT2D eigenvalue weighted by molar-refractivity contribution is 5.93. The lowest BCUT2D eigenvalue weighted by molar-refractivity contribution is 0.0942. The Hall–Kier alpha value is -1.46. The number of nitrogens with one attached hydrogen (secondary N) is 1. The Morgan fingerprint density at radius 2 is 2.38 bits per heavy atom. The quantitative estimate of drug-likeness (QED) is 0.646. The monoisotopic (exact) mass is 223 g/mol. The van der Waals surface area contributed by atoms with E-state index in [1.165, 1.54) is 0 Å². The highest BCUT2D eigenvalue weighted by Gasteiger charge is 2.02. The first-order valence-corrected chi connectivity index (χ1v) is 5.30. The minimum absolute atomic E-state index is 0.105. The number of ether oxygens (including phenoxy) is 1. The van der Waals surface area contributed by atoms with Crippen molar-refractivity contribution in [1.82, 2.24) is 10.3 Å². The number of nitrogens with two attached hydrogens (primary N) is 1. The number of rotatable bonds is 7. The molecule has 0 bridgehead atoms. The van der Waals surface area contributed by atoms with Gasteiger partial charge >= 0.3 is 0 Å². The molecule has 1 heterocycles. The van der Waals surface area contributed by atoms with Gasteiger partial charge in [-0.15, -0.1) is 0 Å². The second-order valence-corrected chi connectivity index (χ2v) is 3.25. The summed E-state index contributed by atoms with van der Waals surface area (Å²) in [6.07, 6.45) is 3.96. The van der Waals surface area contributed by atoms with E-state index in [1.54, 1.807) is 24.5 Å². The van der Waals surface area contributed by atoms with Crippen molar-refractivity contribution in [2.45, 2.75) is 6.42 Å². The van der Waals surface area contributed by atoms with Crippen LogP contribution in [-0.4, -0.2) is 37.2 Å². The summed E-state index contributed by atoms with van der Waals surface area (Å²) in [5, 5.41) is 2.79. The van der Waals surface area contributed by atoms with E-state index in [1.807, 2.05) is 0 Å². The smallest absolute Gasteiger partial charge is 0.252 e. The lowest BCUT2D eigenvalue weighted by Gasteiger charge is -2.05. The van der Waals surface area contributed by atoms with Gasteiger partial charge in [0.15, 0.2) is 0 Å². The van der Waals surface area contributed by atoms with Crippen LogP contribution in [0.3, 0.4) is 0 Å². The number of hydrogen-bond acceptors (Lipinski definition) is 4. The molecule has 0 aliphatic rings. The van der Waals surface area contributed by atoms with Gasteiger partial charge in [-0.3, -0.25) is 9.78 Å². The van der Waals surface area contributed by atoms with Crippen LogP contribution in [0.25, 0.3) is 0 Å².